The molecule has 23 heteroatoms. The Morgan fingerprint density at radius 1 is 0.494 bits per heavy atom. The van der Waals surface area contributed by atoms with Crippen molar-refractivity contribution >= 4 is 69.8 Å². The van der Waals surface area contributed by atoms with Crippen LogP contribution in [0.1, 0.15) is 62.7 Å². The van der Waals surface area contributed by atoms with Crippen LogP contribution in [0, 0.1) is 0 Å². The third-order valence-corrected chi connectivity index (χ3v) is 13.1. The Bertz CT molecular complexity index is 2820. The van der Waals surface area contributed by atoms with Crippen molar-refractivity contribution in [1.29, 1.82) is 0 Å². The number of carbonyl (C=O) groups is 7. The number of hydrogen-bond donors (Lipinski definition) is 0. The van der Waals surface area contributed by atoms with Crippen molar-refractivity contribution in [1.82, 2.24) is 14.7 Å². The first-order valence-electron chi connectivity index (χ1n) is 24.7. The number of benzene rings is 5. The summed E-state index contributed by atoms with van der Waals surface area (Å²) in [6.07, 6.45) is 1.77. The van der Waals surface area contributed by atoms with Gasteiger partial charge in [0.05, 0.1) is 35.8 Å². The molecule has 0 saturated heterocycles. The van der Waals surface area contributed by atoms with Gasteiger partial charge in [0, 0.05) is 64.0 Å². The number of aromatic carboxylic acids is 2. The smallest absolute Gasteiger partial charge is 0.120 e. The van der Waals surface area contributed by atoms with Gasteiger partial charge in [-0.1, -0.05) is 49.7 Å². The van der Waals surface area contributed by atoms with Gasteiger partial charge in [-0.3, -0.25) is 14.7 Å². The van der Waals surface area contributed by atoms with E-state index in [1.807, 2.05) is 48.5 Å². The Labute approximate surface area is 470 Å². The standard InChI is InChI=1S/C56H62N3O19.Bi/c1-2-3-7-37-10-12-40(13-11-37)34-75-44-19-21-49(47(26-44)56(72)73)77-36-45(35-76-48-20-18-43(25-46(48)55(70)71)74-33-39-8-5-4-6-9-39)78-42-16-14-38(15-17-42)24-41(59(31-53(66)67)32-54(68)69)27-57(28-50(60)61)22-23-58(29-51(62)63)30-52(64)65;/h5-6,8-21,25-26,41,45H,2-3,7,22-24,27-36H2,1H3,(H,60,61)(H,62,63)(H,64,65)(H,66,67)(H,68,69)(H,70,71)(H,72,73);/p-7. The fourth-order valence-electron chi connectivity index (χ4n) is 8.06. The van der Waals surface area contributed by atoms with Crippen LogP contribution in [0.2, 0.25) is 0 Å². The minimum atomic E-state index is -1.68. The number of hydrogen-bond acceptors (Lipinski definition) is 22. The molecule has 0 spiro atoms. The van der Waals surface area contributed by atoms with Crippen LogP contribution in [0.4, 0.5) is 0 Å². The minimum absolute atomic E-state index is 0.134. The fourth-order valence-corrected chi connectivity index (χ4v) is 8.64. The molecule has 0 fully saturated rings. The number of carboxylic acid groups (broad SMARTS) is 7. The van der Waals surface area contributed by atoms with Crippen LogP contribution in [-0.4, -0.2) is 159 Å². The van der Waals surface area contributed by atoms with Gasteiger partial charge in [0.2, 0.25) is 0 Å². The van der Waals surface area contributed by atoms with Gasteiger partial charge in [-0.15, -0.1) is 0 Å². The molecule has 5 aromatic carbocycles. The summed E-state index contributed by atoms with van der Waals surface area (Å²) in [7, 11) is 0. The average Bonchev–Trinajstić information content (AvgIpc) is 3.40. The van der Waals surface area contributed by atoms with Crippen LogP contribution in [0.25, 0.3) is 0 Å². The molecule has 0 bridgehead atoms. The molecule has 2 unspecified atom stereocenters. The Hall–Kier alpha value is -7.85. The molecule has 0 saturated carbocycles. The van der Waals surface area contributed by atoms with E-state index in [1.54, 1.807) is 0 Å². The maximum Gasteiger partial charge on any atom is 0.120 e. The van der Waals surface area contributed by atoms with Crippen molar-refractivity contribution in [2.24, 2.45) is 0 Å². The maximum atomic E-state index is 12.5. The first-order valence-corrected chi connectivity index (χ1v) is 26.5. The number of nitrogens with zero attached hydrogens (tertiary/aromatic N) is 3. The topological polar surface area (TPSA) is 337 Å². The number of carboxylic acids is 7. The molecule has 2 atom stereocenters. The quantitative estimate of drug-likeness (QED) is 0.0337. The zero-order valence-corrected chi connectivity index (χ0v) is 46.4. The molecule has 0 aliphatic heterocycles. The summed E-state index contributed by atoms with van der Waals surface area (Å²) < 4.78 is 31.2. The molecular weight excluding hydrogens is 1230 g/mol. The first kappa shape index (κ1) is 62.0. The van der Waals surface area contributed by atoms with Crippen LogP contribution >= 0.6 is 0 Å². The van der Waals surface area contributed by atoms with Gasteiger partial charge in [0.25, 0.3) is 0 Å². The molecular formula is C56H55BiN3O19-7. The number of rotatable bonds is 37. The van der Waals surface area contributed by atoms with Crippen molar-refractivity contribution in [3.63, 3.8) is 0 Å². The summed E-state index contributed by atoms with van der Waals surface area (Å²) in [5.41, 5.74) is 2.60. The van der Waals surface area contributed by atoms with Gasteiger partial charge in [0.15, 0.2) is 6.10 Å². The van der Waals surface area contributed by atoms with Crippen LogP contribution in [-0.2, 0) is 50.0 Å². The molecule has 0 aliphatic rings. The van der Waals surface area contributed by atoms with Crippen molar-refractivity contribution in [3.8, 4) is 28.7 Å². The van der Waals surface area contributed by atoms with Gasteiger partial charge in [-0.05, 0) is 66.3 Å². The fraction of sp³-hybridized carbons (Fsp3) is 0.339. The Morgan fingerprint density at radius 2 is 0.911 bits per heavy atom. The molecule has 79 heavy (non-hydrogen) atoms. The molecule has 0 amide bonds. The molecule has 420 valence electrons. The molecule has 22 nitrogen and oxygen atoms in total. The van der Waals surface area contributed by atoms with Gasteiger partial charge in [0.1, 0.15) is 30.5 Å². The van der Waals surface area contributed by atoms with Crippen molar-refractivity contribution in [2.45, 2.75) is 58.0 Å². The largest absolute Gasteiger partial charge is 0.549 e. The molecule has 0 N–H and O–H groups in total. The van der Waals surface area contributed by atoms with Gasteiger partial charge in [-0.2, -0.15) is 0 Å². The summed E-state index contributed by atoms with van der Waals surface area (Å²) in [6.45, 7) is -3.90. The summed E-state index contributed by atoms with van der Waals surface area (Å²) >= 11 is 1.08. The van der Waals surface area contributed by atoms with Crippen molar-refractivity contribution < 1.29 is 93.0 Å². The number of aryl methyl sites for hydroxylation is 1. The average molecular weight is 1280 g/mol. The Morgan fingerprint density at radius 3 is 1.37 bits per heavy atom. The number of unbranched alkanes of at least 4 members (excludes halogenated alkanes) is 1. The minimum Gasteiger partial charge on any atom is -0.549 e. The zero-order valence-electron chi connectivity index (χ0n) is 42.9. The first-order chi connectivity index (χ1) is 37.7. The van der Waals surface area contributed by atoms with Crippen LogP contribution < -0.4 is 62.7 Å². The second-order valence-electron chi connectivity index (χ2n) is 18.1. The predicted molar refractivity (Wildman–Crippen MR) is 266 cm³/mol. The van der Waals surface area contributed by atoms with E-state index in [-0.39, 0.29) is 79.1 Å². The second-order valence-corrected chi connectivity index (χ2v) is 20.1. The third-order valence-electron chi connectivity index (χ3n) is 11.9. The molecule has 0 aromatic heterocycles. The van der Waals surface area contributed by atoms with Crippen LogP contribution in [0.3, 0.4) is 0 Å². The van der Waals surface area contributed by atoms with Crippen LogP contribution in [0.5, 0.6) is 28.7 Å². The van der Waals surface area contributed by atoms with Gasteiger partial charge >= 0.3 is 132 Å². The maximum absolute atomic E-state index is 12.5. The van der Waals surface area contributed by atoms with E-state index in [0.29, 0.717) is 5.56 Å². The number of carbonyl (C=O) groups excluding carboxylic acids is 7. The van der Waals surface area contributed by atoms with E-state index in [4.69, 9.17) is 23.7 Å². The summed E-state index contributed by atoms with van der Waals surface area (Å²) in [4.78, 5) is 86.1. The molecule has 5 rings (SSSR count). The molecule has 5 aromatic rings. The van der Waals surface area contributed by atoms with E-state index in [9.17, 15) is 69.3 Å². The monoisotopic (exact) mass is 1280 g/mol. The predicted octanol–water partition coefficient (Wildman–Crippen LogP) is -4.82. The SMILES string of the molecule is CCCCc1ccc(COc2ccc(OCC(COc3ccc(OCc4cc[c]([Bi])cc4)cc3C(=O)[O-])Oc3ccc(CC(CN(CCN(CC(=O)[O-])CC(=O)[O-])CC(=O)[O-])N(CC(=O)[O-])CC(=O)[O-])cc3)c(C(=O)[O-])c2)cc1. The van der Waals surface area contributed by atoms with Crippen molar-refractivity contribution in [2.75, 3.05) is 65.6 Å². The van der Waals surface area contributed by atoms with Crippen molar-refractivity contribution in [3.05, 3.63) is 143 Å². The second kappa shape index (κ2) is 31.5. The molecule has 0 aliphatic carbocycles. The molecule has 2 radical (unpaired) electrons. The van der Waals surface area contributed by atoms with Crippen LogP contribution in [0.15, 0.2) is 109 Å². The number of aliphatic carboxylic acids is 5. The van der Waals surface area contributed by atoms with Gasteiger partial charge < -0.3 is 73.6 Å². The Kier molecular flexibility index (Phi) is 24.7. The Balaban J connectivity index is 1.39. The van der Waals surface area contributed by atoms with E-state index >= 15 is 0 Å². The number of ether oxygens (including phenoxy) is 5. The summed E-state index contributed by atoms with van der Waals surface area (Å²) in [5, 5.41) is 83.1. The normalized spacial score (nSPS) is 11.9. The van der Waals surface area contributed by atoms with E-state index < -0.39 is 99.9 Å². The molecule has 0 heterocycles. The van der Waals surface area contributed by atoms with E-state index in [0.717, 1.165) is 68.2 Å². The summed E-state index contributed by atoms with van der Waals surface area (Å²) in [6, 6.07) is 28.6. The van der Waals surface area contributed by atoms with E-state index in [1.165, 1.54) is 71.1 Å². The summed E-state index contributed by atoms with van der Waals surface area (Å²) in [5.74, 6) is -11.1. The third kappa shape index (κ3) is 22.2. The van der Waals surface area contributed by atoms with E-state index in [2.05, 4.69) is 6.92 Å². The zero-order chi connectivity index (χ0) is 57.4. The van der Waals surface area contributed by atoms with Gasteiger partial charge in [-0.25, -0.2) is 0 Å².